The summed E-state index contributed by atoms with van der Waals surface area (Å²) in [6.45, 7) is 4.89. The Morgan fingerprint density at radius 1 is 1.40 bits per heavy atom. The number of hydrogen-bond acceptors (Lipinski definition) is 4. The summed E-state index contributed by atoms with van der Waals surface area (Å²) < 4.78 is 0. The third kappa shape index (κ3) is 3.94. The second kappa shape index (κ2) is 5.97. The van der Waals surface area contributed by atoms with E-state index in [2.05, 4.69) is 22.2 Å². The van der Waals surface area contributed by atoms with Crippen molar-refractivity contribution in [3.63, 3.8) is 0 Å². The summed E-state index contributed by atoms with van der Waals surface area (Å²) in [5, 5.41) is 11.8. The summed E-state index contributed by atoms with van der Waals surface area (Å²) in [4.78, 5) is 8.27. The molecule has 4 nitrogen and oxygen atoms in total. The monoisotopic (exact) mass is 204 g/mol. The normalized spacial score (nSPS) is 9.67. The van der Waals surface area contributed by atoms with Crippen molar-refractivity contribution in [1.29, 1.82) is 5.26 Å². The smallest absolute Gasteiger partial charge is 0.224 e. The minimum atomic E-state index is 0.417. The van der Waals surface area contributed by atoms with Gasteiger partial charge in [-0.2, -0.15) is 5.26 Å². The molecule has 1 rings (SSSR count). The third-order valence-electron chi connectivity index (χ3n) is 2.03. The number of nitrogens with one attached hydrogen (secondary N) is 1. The predicted molar refractivity (Wildman–Crippen MR) is 59.5 cm³/mol. The van der Waals surface area contributed by atoms with Crippen molar-refractivity contribution in [1.82, 2.24) is 9.97 Å². The number of hydrogen-bond donors (Lipinski definition) is 1. The molecule has 0 aliphatic heterocycles. The first-order valence-corrected chi connectivity index (χ1v) is 5.26. The van der Waals surface area contributed by atoms with E-state index in [1.165, 1.54) is 12.8 Å². The van der Waals surface area contributed by atoms with Crippen LogP contribution in [0.25, 0.3) is 0 Å². The molecular formula is C11H16N4. The van der Waals surface area contributed by atoms with Gasteiger partial charge in [0.1, 0.15) is 11.8 Å². The Kier molecular flexibility index (Phi) is 4.55. The topological polar surface area (TPSA) is 61.6 Å². The Hall–Kier alpha value is -1.63. The van der Waals surface area contributed by atoms with Crippen molar-refractivity contribution in [2.24, 2.45) is 0 Å². The molecule has 0 radical (unpaired) electrons. The molecule has 0 bridgehead atoms. The summed E-state index contributed by atoms with van der Waals surface area (Å²) in [6, 6.07) is 3.70. The van der Waals surface area contributed by atoms with E-state index in [1.807, 2.05) is 13.0 Å². The maximum absolute atomic E-state index is 8.73. The highest BCUT2D eigenvalue weighted by atomic mass is 15.1. The van der Waals surface area contributed by atoms with E-state index in [9.17, 15) is 0 Å². The highest BCUT2D eigenvalue weighted by Crippen LogP contribution is 2.04. The lowest BCUT2D eigenvalue weighted by atomic mass is 10.2. The van der Waals surface area contributed by atoms with Crippen LogP contribution in [0.3, 0.4) is 0 Å². The van der Waals surface area contributed by atoms with Crippen LogP contribution in [0, 0.1) is 18.3 Å². The molecule has 1 heterocycles. The van der Waals surface area contributed by atoms with Crippen LogP contribution in [0.5, 0.6) is 0 Å². The van der Waals surface area contributed by atoms with E-state index in [0.717, 1.165) is 18.7 Å². The Labute approximate surface area is 90.4 Å². The van der Waals surface area contributed by atoms with Crippen LogP contribution in [-0.4, -0.2) is 16.5 Å². The standard InChI is InChI=1S/C11H16N4/c1-3-4-5-6-13-11-14-9(2)7-10(8-12)15-11/h7H,3-6H2,1-2H3,(H,13,14,15). The van der Waals surface area contributed by atoms with Crippen LogP contribution in [0.4, 0.5) is 5.95 Å². The summed E-state index contributed by atoms with van der Waals surface area (Å²) in [5.41, 5.74) is 1.24. The molecule has 0 amide bonds. The fourth-order valence-corrected chi connectivity index (χ4v) is 1.28. The molecule has 1 aromatic heterocycles. The Morgan fingerprint density at radius 2 is 2.20 bits per heavy atom. The number of rotatable bonds is 5. The van der Waals surface area contributed by atoms with Crippen molar-refractivity contribution in [3.05, 3.63) is 17.5 Å². The second-order valence-electron chi connectivity index (χ2n) is 3.46. The highest BCUT2D eigenvalue weighted by Gasteiger charge is 2.00. The number of nitrogens with zero attached hydrogens (tertiary/aromatic N) is 3. The number of anilines is 1. The summed E-state index contributed by atoms with van der Waals surface area (Å²) >= 11 is 0. The van der Waals surface area contributed by atoms with E-state index >= 15 is 0 Å². The molecule has 0 atom stereocenters. The number of nitriles is 1. The van der Waals surface area contributed by atoms with Gasteiger partial charge in [-0.25, -0.2) is 9.97 Å². The van der Waals surface area contributed by atoms with Gasteiger partial charge in [0.05, 0.1) is 0 Å². The maximum Gasteiger partial charge on any atom is 0.224 e. The van der Waals surface area contributed by atoms with Crippen molar-refractivity contribution in [3.8, 4) is 6.07 Å². The molecule has 1 aromatic rings. The first-order chi connectivity index (χ1) is 7.26. The Bertz CT molecular complexity index is 354. The zero-order chi connectivity index (χ0) is 11.1. The molecule has 0 fully saturated rings. The van der Waals surface area contributed by atoms with Crippen LogP contribution in [0.15, 0.2) is 6.07 Å². The zero-order valence-electron chi connectivity index (χ0n) is 9.25. The maximum atomic E-state index is 8.73. The van der Waals surface area contributed by atoms with Gasteiger partial charge in [-0.15, -0.1) is 0 Å². The summed E-state index contributed by atoms with van der Waals surface area (Å²) in [6.07, 6.45) is 3.50. The average Bonchev–Trinajstić information content (AvgIpc) is 2.23. The van der Waals surface area contributed by atoms with Crippen molar-refractivity contribution in [2.75, 3.05) is 11.9 Å². The van der Waals surface area contributed by atoms with Gasteiger partial charge >= 0.3 is 0 Å². The van der Waals surface area contributed by atoms with Crippen LogP contribution in [0.1, 0.15) is 37.6 Å². The molecule has 0 aliphatic rings. The van der Waals surface area contributed by atoms with E-state index in [1.54, 1.807) is 6.07 Å². The molecule has 0 unspecified atom stereocenters. The first kappa shape index (κ1) is 11.4. The number of unbranched alkanes of at least 4 members (excludes halogenated alkanes) is 2. The van der Waals surface area contributed by atoms with Crippen LogP contribution < -0.4 is 5.32 Å². The van der Waals surface area contributed by atoms with Gasteiger partial charge < -0.3 is 5.32 Å². The minimum Gasteiger partial charge on any atom is -0.354 e. The van der Waals surface area contributed by atoms with Crippen molar-refractivity contribution in [2.45, 2.75) is 33.1 Å². The van der Waals surface area contributed by atoms with E-state index < -0.39 is 0 Å². The number of aromatic nitrogens is 2. The highest BCUT2D eigenvalue weighted by molar-refractivity contribution is 5.32. The third-order valence-corrected chi connectivity index (χ3v) is 2.03. The molecule has 80 valence electrons. The van der Waals surface area contributed by atoms with E-state index in [4.69, 9.17) is 5.26 Å². The largest absolute Gasteiger partial charge is 0.354 e. The molecule has 0 aromatic carbocycles. The fourth-order valence-electron chi connectivity index (χ4n) is 1.28. The van der Waals surface area contributed by atoms with E-state index in [0.29, 0.717) is 11.6 Å². The van der Waals surface area contributed by atoms with Crippen molar-refractivity contribution < 1.29 is 0 Å². The summed E-state index contributed by atoms with van der Waals surface area (Å²) in [7, 11) is 0. The lowest BCUT2D eigenvalue weighted by molar-refractivity contribution is 0.740. The van der Waals surface area contributed by atoms with Gasteiger partial charge in [-0.3, -0.25) is 0 Å². The van der Waals surface area contributed by atoms with Gasteiger partial charge in [0, 0.05) is 12.2 Å². The van der Waals surface area contributed by atoms with Crippen LogP contribution in [0.2, 0.25) is 0 Å². The van der Waals surface area contributed by atoms with Gasteiger partial charge in [0.2, 0.25) is 5.95 Å². The average molecular weight is 204 g/mol. The lowest BCUT2D eigenvalue weighted by Crippen LogP contribution is -2.06. The molecule has 0 aliphatic carbocycles. The van der Waals surface area contributed by atoms with E-state index in [-0.39, 0.29) is 0 Å². The SMILES string of the molecule is CCCCCNc1nc(C)cc(C#N)n1. The fraction of sp³-hybridized carbons (Fsp3) is 0.545. The first-order valence-electron chi connectivity index (χ1n) is 5.26. The van der Waals surface area contributed by atoms with Gasteiger partial charge in [0.15, 0.2) is 0 Å². The predicted octanol–water partition coefficient (Wildman–Crippen LogP) is 2.26. The Morgan fingerprint density at radius 3 is 2.87 bits per heavy atom. The lowest BCUT2D eigenvalue weighted by Gasteiger charge is -2.04. The second-order valence-corrected chi connectivity index (χ2v) is 3.46. The van der Waals surface area contributed by atoms with Crippen LogP contribution in [-0.2, 0) is 0 Å². The molecule has 4 heteroatoms. The quantitative estimate of drug-likeness (QED) is 0.747. The zero-order valence-corrected chi connectivity index (χ0v) is 9.25. The molecule has 15 heavy (non-hydrogen) atoms. The number of aryl methyl sites for hydroxylation is 1. The van der Waals surface area contributed by atoms with Crippen LogP contribution >= 0.6 is 0 Å². The molecule has 1 N–H and O–H groups in total. The van der Waals surface area contributed by atoms with Gasteiger partial charge in [-0.05, 0) is 19.4 Å². The van der Waals surface area contributed by atoms with Gasteiger partial charge in [0.25, 0.3) is 0 Å². The molecular weight excluding hydrogens is 188 g/mol. The Balaban J connectivity index is 2.54. The molecule has 0 saturated carbocycles. The molecule has 0 saturated heterocycles. The van der Waals surface area contributed by atoms with Gasteiger partial charge in [-0.1, -0.05) is 19.8 Å². The molecule has 0 spiro atoms. The summed E-state index contributed by atoms with van der Waals surface area (Å²) in [5.74, 6) is 0.558. The van der Waals surface area contributed by atoms with Crippen molar-refractivity contribution >= 4 is 5.95 Å². The minimum absolute atomic E-state index is 0.417.